The first-order valence-corrected chi connectivity index (χ1v) is 4.89. The van der Waals surface area contributed by atoms with E-state index in [9.17, 15) is 25.4 Å². The van der Waals surface area contributed by atoms with E-state index in [2.05, 4.69) is 0 Å². The lowest BCUT2D eigenvalue weighted by Gasteiger charge is -2.05. The molecule has 0 aliphatic carbocycles. The number of aliphatic hydroxyl groups is 1. The fourth-order valence-electron chi connectivity index (χ4n) is 1.23. The predicted octanol–water partition coefficient (Wildman–Crippen LogP) is 1.79. The Bertz CT molecular complexity index is 479. The molecule has 1 aromatic carbocycles. The summed E-state index contributed by atoms with van der Waals surface area (Å²) in [4.78, 5) is 9.82. The number of aliphatic hydroxyl groups excluding tert-OH is 1. The summed E-state index contributed by atoms with van der Waals surface area (Å²) in [7, 11) is 0. The summed E-state index contributed by atoms with van der Waals surface area (Å²) in [6.07, 6.45) is 0.807. The van der Waals surface area contributed by atoms with Crippen molar-refractivity contribution in [1.29, 1.82) is 0 Å². The van der Waals surface area contributed by atoms with Crippen molar-refractivity contribution in [3.63, 3.8) is 0 Å². The second-order valence-electron chi connectivity index (χ2n) is 3.73. The van der Waals surface area contributed by atoms with Crippen molar-refractivity contribution in [2.75, 3.05) is 0 Å². The van der Waals surface area contributed by atoms with E-state index in [1.165, 1.54) is 12.1 Å². The Labute approximate surface area is 97.6 Å². The van der Waals surface area contributed by atoms with Crippen molar-refractivity contribution in [3.8, 4) is 11.5 Å². The number of aromatic hydroxyl groups is 2. The maximum atomic E-state index is 10.6. The van der Waals surface area contributed by atoms with E-state index in [-0.39, 0.29) is 0 Å². The van der Waals surface area contributed by atoms with Gasteiger partial charge in [-0.15, -0.1) is 0 Å². The molecule has 6 nitrogen and oxygen atoms in total. The molecule has 6 heteroatoms. The van der Waals surface area contributed by atoms with E-state index >= 15 is 0 Å². The Morgan fingerprint density at radius 3 is 2.53 bits per heavy atom. The molecule has 1 unspecified atom stereocenters. The number of nitro benzene ring substituents is 1. The van der Waals surface area contributed by atoms with Gasteiger partial charge in [-0.2, -0.15) is 0 Å². The molecule has 3 N–H and O–H groups in total. The fraction of sp³-hybridized carbons (Fsp3) is 0.273. The summed E-state index contributed by atoms with van der Waals surface area (Å²) < 4.78 is 0. The first-order valence-electron chi connectivity index (χ1n) is 4.89. The van der Waals surface area contributed by atoms with Crippen molar-refractivity contribution in [1.82, 2.24) is 0 Å². The minimum absolute atomic E-state index is 0.338. The highest BCUT2D eigenvalue weighted by molar-refractivity contribution is 5.65. The highest BCUT2D eigenvalue weighted by Crippen LogP contribution is 2.36. The average molecular weight is 239 g/mol. The van der Waals surface area contributed by atoms with Gasteiger partial charge >= 0.3 is 5.69 Å². The molecule has 0 fully saturated rings. The molecule has 0 radical (unpaired) electrons. The summed E-state index contributed by atoms with van der Waals surface area (Å²) in [6.45, 7) is 3.21. The molecule has 0 spiro atoms. The molecular formula is C11H13NO5. The van der Waals surface area contributed by atoms with Gasteiger partial charge < -0.3 is 15.3 Å². The zero-order valence-electron chi connectivity index (χ0n) is 9.41. The van der Waals surface area contributed by atoms with Gasteiger partial charge in [-0.05, 0) is 31.1 Å². The fourth-order valence-corrected chi connectivity index (χ4v) is 1.23. The van der Waals surface area contributed by atoms with Crippen molar-refractivity contribution >= 4 is 11.8 Å². The highest BCUT2D eigenvalue weighted by Gasteiger charge is 2.18. The summed E-state index contributed by atoms with van der Waals surface area (Å²) in [5.74, 6) is -1.33. The SMILES string of the molecule is CC(=Cc1cc(O)c(O)c([N+](=O)[O-])c1)C(C)O. The maximum Gasteiger partial charge on any atom is 0.315 e. The van der Waals surface area contributed by atoms with Crippen LogP contribution in [0.25, 0.3) is 6.08 Å². The third-order valence-corrected chi connectivity index (χ3v) is 2.34. The van der Waals surface area contributed by atoms with Crippen LogP contribution in [0.4, 0.5) is 5.69 Å². The molecule has 1 aromatic rings. The van der Waals surface area contributed by atoms with Gasteiger partial charge in [0.15, 0.2) is 5.75 Å². The molecule has 0 amide bonds. The number of rotatable bonds is 3. The third kappa shape index (κ3) is 2.94. The summed E-state index contributed by atoms with van der Waals surface area (Å²) in [5, 5.41) is 38.5. The second kappa shape index (κ2) is 4.84. The summed E-state index contributed by atoms with van der Waals surface area (Å²) >= 11 is 0. The zero-order valence-corrected chi connectivity index (χ0v) is 9.41. The number of nitrogens with zero attached hydrogens (tertiary/aromatic N) is 1. The molecule has 0 aliphatic heterocycles. The Morgan fingerprint density at radius 2 is 2.06 bits per heavy atom. The molecule has 0 saturated carbocycles. The first kappa shape index (κ1) is 13.0. The monoisotopic (exact) mass is 239 g/mol. The van der Waals surface area contributed by atoms with Crippen LogP contribution in [-0.4, -0.2) is 26.3 Å². The van der Waals surface area contributed by atoms with Crippen molar-refractivity contribution in [2.24, 2.45) is 0 Å². The van der Waals surface area contributed by atoms with Gasteiger partial charge in [0, 0.05) is 6.07 Å². The molecular weight excluding hydrogens is 226 g/mol. The smallest absolute Gasteiger partial charge is 0.315 e. The number of hydrogen-bond donors (Lipinski definition) is 3. The molecule has 0 bridgehead atoms. The van der Waals surface area contributed by atoms with E-state index in [1.807, 2.05) is 0 Å². The normalized spacial score (nSPS) is 13.5. The van der Waals surface area contributed by atoms with Gasteiger partial charge in [0.2, 0.25) is 5.75 Å². The minimum Gasteiger partial charge on any atom is -0.504 e. The van der Waals surface area contributed by atoms with Crippen LogP contribution in [0.1, 0.15) is 19.4 Å². The van der Waals surface area contributed by atoms with Crippen molar-refractivity contribution in [2.45, 2.75) is 20.0 Å². The van der Waals surface area contributed by atoms with Gasteiger partial charge in [0.1, 0.15) is 0 Å². The maximum absolute atomic E-state index is 10.6. The van der Waals surface area contributed by atoms with Crippen LogP contribution in [0, 0.1) is 10.1 Å². The highest BCUT2D eigenvalue weighted by atomic mass is 16.6. The number of benzene rings is 1. The third-order valence-electron chi connectivity index (χ3n) is 2.34. The Hall–Kier alpha value is -2.08. The quantitative estimate of drug-likeness (QED) is 0.423. The van der Waals surface area contributed by atoms with Gasteiger partial charge in [-0.3, -0.25) is 10.1 Å². The average Bonchev–Trinajstić information content (AvgIpc) is 2.22. The van der Waals surface area contributed by atoms with Crippen molar-refractivity contribution in [3.05, 3.63) is 33.4 Å². The van der Waals surface area contributed by atoms with Crippen LogP contribution in [0.2, 0.25) is 0 Å². The van der Waals surface area contributed by atoms with Gasteiger partial charge in [-0.25, -0.2) is 0 Å². The number of phenols is 2. The van der Waals surface area contributed by atoms with E-state index < -0.39 is 28.2 Å². The number of phenolic OH excluding ortho intramolecular Hbond substituents is 2. The van der Waals surface area contributed by atoms with Crippen LogP contribution in [0.3, 0.4) is 0 Å². The van der Waals surface area contributed by atoms with Gasteiger partial charge in [0.25, 0.3) is 0 Å². The van der Waals surface area contributed by atoms with E-state index in [0.29, 0.717) is 11.1 Å². The Morgan fingerprint density at radius 1 is 1.47 bits per heavy atom. The number of nitro groups is 1. The minimum atomic E-state index is -0.788. The van der Waals surface area contributed by atoms with Crippen LogP contribution in [0.5, 0.6) is 11.5 Å². The molecule has 0 aliphatic rings. The largest absolute Gasteiger partial charge is 0.504 e. The Kier molecular flexibility index (Phi) is 3.69. The molecule has 0 heterocycles. The van der Waals surface area contributed by atoms with Gasteiger partial charge in [-0.1, -0.05) is 6.08 Å². The molecule has 1 atom stereocenters. The van der Waals surface area contributed by atoms with E-state index in [4.69, 9.17) is 0 Å². The number of hydrogen-bond acceptors (Lipinski definition) is 5. The summed E-state index contributed by atoms with van der Waals surface area (Å²) in [5.41, 5.74) is 0.351. The second-order valence-corrected chi connectivity index (χ2v) is 3.73. The zero-order chi connectivity index (χ0) is 13.2. The Balaban J connectivity index is 3.29. The molecule has 0 saturated heterocycles. The van der Waals surface area contributed by atoms with Crippen molar-refractivity contribution < 1.29 is 20.2 Å². The molecule has 1 rings (SSSR count). The van der Waals surface area contributed by atoms with Crippen LogP contribution >= 0.6 is 0 Å². The van der Waals surface area contributed by atoms with E-state index in [0.717, 1.165) is 6.07 Å². The topological polar surface area (TPSA) is 104 Å². The van der Waals surface area contributed by atoms with Crippen LogP contribution in [0.15, 0.2) is 17.7 Å². The van der Waals surface area contributed by atoms with Gasteiger partial charge in [0.05, 0.1) is 11.0 Å². The lowest BCUT2D eigenvalue weighted by atomic mass is 10.1. The van der Waals surface area contributed by atoms with E-state index in [1.54, 1.807) is 13.8 Å². The van der Waals surface area contributed by atoms with Crippen LogP contribution in [-0.2, 0) is 0 Å². The molecule has 92 valence electrons. The van der Waals surface area contributed by atoms with Crippen LogP contribution < -0.4 is 0 Å². The molecule has 17 heavy (non-hydrogen) atoms. The lowest BCUT2D eigenvalue weighted by Crippen LogP contribution is -2.00. The predicted molar refractivity (Wildman–Crippen MR) is 61.8 cm³/mol. The summed E-state index contributed by atoms with van der Waals surface area (Å²) in [6, 6.07) is 2.31. The first-order chi connectivity index (χ1) is 7.82. The lowest BCUT2D eigenvalue weighted by molar-refractivity contribution is -0.386. The standard InChI is InChI=1S/C11H13NO5/c1-6(7(2)13)3-8-4-9(12(16)17)11(15)10(14)5-8/h3-5,7,13-15H,1-2H3. The molecule has 0 aromatic heterocycles.